The summed E-state index contributed by atoms with van der Waals surface area (Å²) in [5.41, 5.74) is 5.63. The lowest BCUT2D eigenvalue weighted by Crippen LogP contribution is -2.27. The molecule has 1 unspecified atom stereocenters. The van der Waals surface area contributed by atoms with Gasteiger partial charge in [-0.3, -0.25) is 4.79 Å². The summed E-state index contributed by atoms with van der Waals surface area (Å²) in [7, 11) is 0. The Bertz CT molecular complexity index is 629. The summed E-state index contributed by atoms with van der Waals surface area (Å²) < 4.78 is 5.20. The maximum atomic E-state index is 12.1. The first-order chi connectivity index (χ1) is 9.81. The van der Waals surface area contributed by atoms with E-state index in [9.17, 15) is 4.79 Å². The van der Waals surface area contributed by atoms with Crippen molar-refractivity contribution >= 4 is 17.2 Å². The molecule has 0 bridgehead atoms. The van der Waals surface area contributed by atoms with Crippen LogP contribution in [0.2, 0.25) is 0 Å². The molecule has 2 rings (SSSR count). The van der Waals surface area contributed by atoms with E-state index in [-0.39, 0.29) is 17.4 Å². The zero-order valence-corrected chi connectivity index (χ0v) is 13.3. The molecule has 0 spiro atoms. The van der Waals surface area contributed by atoms with Crippen molar-refractivity contribution in [2.75, 3.05) is 0 Å². The van der Waals surface area contributed by atoms with E-state index in [0.29, 0.717) is 24.0 Å². The third kappa shape index (κ3) is 3.64. The fraction of sp³-hybridized carbons (Fsp3) is 0.538. The summed E-state index contributed by atoms with van der Waals surface area (Å²) in [4.78, 5) is 20.5. The average Bonchev–Trinajstić information content (AvgIpc) is 3.07. The number of hydrogen-bond acceptors (Lipinski definition) is 7. The van der Waals surface area contributed by atoms with E-state index >= 15 is 0 Å². The van der Waals surface area contributed by atoms with Crippen LogP contribution in [0.15, 0.2) is 9.90 Å². The smallest absolute Gasteiger partial charge is 0.271 e. The van der Waals surface area contributed by atoms with E-state index in [4.69, 9.17) is 10.3 Å². The Balaban J connectivity index is 2.05. The number of amides is 1. The Morgan fingerprint density at radius 2 is 2.19 bits per heavy atom. The van der Waals surface area contributed by atoms with Crippen LogP contribution >= 0.6 is 11.3 Å². The van der Waals surface area contributed by atoms with Crippen LogP contribution in [0, 0.1) is 0 Å². The van der Waals surface area contributed by atoms with Crippen molar-refractivity contribution in [1.29, 1.82) is 0 Å². The van der Waals surface area contributed by atoms with Gasteiger partial charge >= 0.3 is 0 Å². The molecule has 1 amide bonds. The van der Waals surface area contributed by atoms with Crippen LogP contribution in [-0.4, -0.2) is 21.0 Å². The molecule has 1 atom stereocenters. The van der Waals surface area contributed by atoms with Gasteiger partial charge in [-0.15, -0.1) is 11.3 Å². The van der Waals surface area contributed by atoms with Crippen molar-refractivity contribution in [3.63, 3.8) is 0 Å². The molecule has 0 aliphatic rings. The molecule has 114 valence electrons. The molecule has 7 nitrogen and oxygen atoms in total. The molecule has 2 aromatic heterocycles. The molecule has 2 aromatic rings. The summed E-state index contributed by atoms with van der Waals surface area (Å²) in [5, 5.41) is 9.12. The zero-order valence-electron chi connectivity index (χ0n) is 12.5. The SMILES string of the molecule is CC(NC(=O)c1csc(CN)n1)c1nc(C(C)(C)C)no1. The van der Waals surface area contributed by atoms with E-state index in [1.54, 1.807) is 12.3 Å². The third-order valence-corrected chi connectivity index (χ3v) is 3.66. The first-order valence-electron chi connectivity index (χ1n) is 6.60. The third-order valence-electron chi connectivity index (χ3n) is 2.79. The number of thiazole rings is 1. The Morgan fingerprint density at radius 3 is 2.71 bits per heavy atom. The maximum absolute atomic E-state index is 12.1. The van der Waals surface area contributed by atoms with Crippen LogP contribution < -0.4 is 11.1 Å². The van der Waals surface area contributed by atoms with Crippen LogP contribution in [0.3, 0.4) is 0 Å². The molecule has 0 saturated heterocycles. The van der Waals surface area contributed by atoms with Crippen molar-refractivity contribution in [2.24, 2.45) is 5.73 Å². The predicted molar refractivity (Wildman–Crippen MR) is 78.9 cm³/mol. The van der Waals surface area contributed by atoms with Crippen molar-refractivity contribution in [3.8, 4) is 0 Å². The van der Waals surface area contributed by atoms with Gasteiger partial charge in [0.1, 0.15) is 16.7 Å². The number of rotatable bonds is 4. The van der Waals surface area contributed by atoms with Crippen LogP contribution in [0.5, 0.6) is 0 Å². The predicted octanol–water partition coefficient (Wildman–Crippen LogP) is 1.77. The summed E-state index contributed by atoms with van der Waals surface area (Å²) in [5.74, 6) is 0.703. The van der Waals surface area contributed by atoms with E-state index in [2.05, 4.69) is 20.4 Å². The number of aromatic nitrogens is 3. The van der Waals surface area contributed by atoms with Gasteiger partial charge in [0.05, 0.1) is 0 Å². The summed E-state index contributed by atoms with van der Waals surface area (Å²) >= 11 is 1.36. The summed E-state index contributed by atoms with van der Waals surface area (Å²) in [6.45, 7) is 8.09. The Kier molecular flexibility index (Phi) is 4.38. The van der Waals surface area contributed by atoms with Crippen LogP contribution in [0.1, 0.15) is 60.9 Å². The minimum absolute atomic E-state index is 0.198. The second-order valence-corrected chi connectivity index (χ2v) is 6.67. The van der Waals surface area contributed by atoms with Crippen molar-refractivity contribution in [2.45, 2.75) is 45.7 Å². The van der Waals surface area contributed by atoms with E-state index < -0.39 is 0 Å². The summed E-state index contributed by atoms with van der Waals surface area (Å²) in [6, 6.07) is -0.385. The number of nitrogens with two attached hydrogens (primary N) is 1. The van der Waals surface area contributed by atoms with Crippen LogP contribution in [0.25, 0.3) is 0 Å². The van der Waals surface area contributed by atoms with E-state index in [1.165, 1.54) is 11.3 Å². The molecule has 21 heavy (non-hydrogen) atoms. The van der Waals surface area contributed by atoms with Gasteiger partial charge in [-0.2, -0.15) is 4.98 Å². The minimum atomic E-state index is -0.385. The first-order valence-corrected chi connectivity index (χ1v) is 7.48. The molecule has 0 aromatic carbocycles. The minimum Gasteiger partial charge on any atom is -0.339 e. The lowest BCUT2D eigenvalue weighted by Gasteiger charge is -2.11. The van der Waals surface area contributed by atoms with Gasteiger partial charge in [0.15, 0.2) is 5.82 Å². The molecular formula is C13H19N5O2S. The standard InChI is InChI=1S/C13H19N5O2S/c1-7(11-17-12(18-20-11)13(2,3)4)15-10(19)8-6-21-9(5-14)16-8/h6-7H,5,14H2,1-4H3,(H,15,19). The molecule has 0 radical (unpaired) electrons. The quantitative estimate of drug-likeness (QED) is 0.891. The summed E-state index contributed by atoms with van der Waals surface area (Å²) in [6.07, 6.45) is 0. The highest BCUT2D eigenvalue weighted by Crippen LogP contribution is 2.21. The molecule has 2 heterocycles. The molecule has 0 fully saturated rings. The number of nitrogens with one attached hydrogen (secondary N) is 1. The molecule has 0 aliphatic heterocycles. The van der Waals surface area contributed by atoms with Gasteiger partial charge in [0.2, 0.25) is 5.89 Å². The van der Waals surface area contributed by atoms with Crippen molar-refractivity contribution < 1.29 is 9.32 Å². The van der Waals surface area contributed by atoms with E-state index in [1.807, 2.05) is 20.8 Å². The highest BCUT2D eigenvalue weighted by atomic mass is 32.1. The molecule has 3 N–H and O–H groups in total. The average molecular weight is 309 g/mol. The molecule has 8 heteroatoms. The molecular weight excluding hydrogens is 290 g/mol. The second kappa shape index (κ2) is 5.90. The normalized spacial score (nSPS) is 13.2. The highest BCUT2D eigenvalue weighted by Gasteiger charge is 2.24. The fourth-order valence-corrected chi connectivity index (χ4v) is 2.21. The monoisotopic (exact) mass is 309 g/mol. The number of carbonyl (C=O) groups excluding carboxylic acids is 1. The Morgan fingerprint density at radius 1 is 1.48 bits per heavy atom. The molecule has 0 saturated carbocycles. The second-order valence-electron chi connectivity index (χ2n) is 5.73. The fourth-order valence-electron chi connectivity index (χ4n) is 1.56. The van der Waals surface area contributed by atoms with Gasteiger partial charge in [-0.1, -0.05) is 25.9 Å². The largest absolute Gasteiger partial charge is 0.339 e. The number of nitrogens with zero attached hydrogens (tertiary/aromatic N) is 3. The lowest BCUT2D eigenvalue weighted by molar-refractivity contribution is 0.0928. The van der Waals surface area contributed by atoms with Gasteiger partial charge in [-0.05, 0) is 6.92 Å². The van der Waals surface area contributed by atoms with Crippen LogP contribution in [-0.2, 0) is 12.0 Å². The van der Waals surface area contributed by atoms with Gasteiger partial charge in [0.25, 0.3) is 5.91 Å². The topological polar surface area (TPSA) is 107 Å². The number of hydrogen-bond donors (Lipinski definition) is 2. The van der Waals surface area contributed by atoms with Crippen molar-refractivity contribution in [1.82, 2.24) is 20.4 Å². The molecule has 0 aliphatic carbocycles. The zero-order chi connectivity index (χ0) is 15.6. The van der Waals surface area contributed by atoms with Crippen molar-refractivity contribution in [3.05, 3.63) is 27.8 Å². The van der Waals surface area contributed by atoms with Gasteiger partial charge in [0, 0.05) is 17.3 Å². The van der Waals surface area contributed by atoms with Gasteiger partial charge < -0.3 is 15.6 Å². The maximum Gasteiger partial charge on any atom is 0.271 e. The highest BCUT2D eigenvalue weighted by molar-refractivity contribution is 7.09. The Labute approximate surface area is 127 Å². The van der Waals surface area contributed by atoms with E-state index in [0.717, 1.165) is 5.01 Å². The lowest BCUT2D eigenvalue weighted by atomic mass is 9.96. The first kappa shape index (κ1) is 15.6. The Hall–Kier alpha value is -1.80. The van der Waals surface area contributed by atoms with Gasteiger partial charge in [-0.25, -0.2) is 4.98 Å². The van der Waals surface area contributed by atoms with Crippen LogP contribution in [0.4, 0.5) is 0 Å². The number of carbonyl (C=O) groups is 1.